The van der Waals surface area contributed by atoms with Gasteiger partial charge in [-0.25, -0.2) is 4.79 Å². The van der Waals surface area contributed by atoms with Gasteiger partial charge in [0, 0.05) is 17.4 Å². The summed E-state index contributed by atoms with van der Waals surface area (Å²) in [6.07, 6.45) is 1.75. The van der Waals surface area contributed by atoms with Gasteiger partial charge in [0.15, 0.2) is 8.32 Å². The van der Waals surface area contributed by atoms with Crippen molar-refractivity contribution in [1.29, 1.82) is 0 Å². The van der Waals surface area contributed by atoms with E-state index >= 15 is 0 Å². The second kappa shape index (κ2) is 16.2. The van der Waals surface area contributed by atoms with Crippen molar-refractivity contribution in [2.24, 2.45) is 11.8 Å². The molecule has 2 heterocycles. The molecule has 5 atom stereocenters. The van der Waals surface area contributed by atoms with Crippen molar-refractivity contribution in [2.75, 3.05) is 19.8 Å². The van der Waals surface area contributed by atoms with Crippen molar-refractivity contribution in [3.05, 3.63) is 95.1 Å². The highest BCUT2D eigenvalue weighted by Gasteiger charge is 2.57. The van der Waals surface area contributed by atoms with E-state index in [1.54, 1.807) is 0 Å². The zero-order valence-electron chi connectivity index (χ0n) is 30.9. The average Bonchev–Trinajstić information content (AvgIpc) is 3.75. The molecule has 0 aromatic heterocycles. The summed E-state index contributed by atoms with van der Waals surface area (Å²) in [5, 5.41) is 2.77. The summed E-state index contributed by atoms with van der Waals surface area (Å²) >= 11 is 0. The lowest BCUT2D eigenvalue weighted by molar-refractivity contribution is -0.148. The lowest BCUT2D eigenvalue weighted by Crippen LogP contribution is -2.47. The molecule has 3 aromatic rings. The number of hydrogen-bond donors (Lipinski definition) is 1. The molecule has 1 amide bonds. The number of benzene rings is 3. The van der Waals surface area contributed by atoms with E-state index in [9.17, 15) is 9.59 Å². The summed E-state index contributed by atoms with van der Waals surface area (Å²) in [5.41, 5.74) is 7.61. The Labute approximate surface area is 304 Å². The van der Waals surface area contributed by atoms with Crippen LogP contribution in [-0.4, -0.2) is 58.5 Å². The van der Waals surface area contributed by atoms with E-state index in [0.29, 0.717) is 24.1 Å². The van der Waals surface area contributed by atoms with Crippen molar-refractivity contribution in [3.8, 4) is 23.0 Å². The van der Waals surface area contributed by atoms with E-state index in [0.717, 1.165) is 23.6 Å². The number of unbranched alkanes of at least 4 members (excludes halogenated alkanes) is 1. The summed E-state index contributed by atoms with van der Waals surface area (Å²) < 4.78 is 25.1. The van der Waals surface area contributed by atoms with E-state index in [2.05, 4.69) is 76.0 Å². The number of amides is 1. The Morgan fingerprint density at radius 1 is 0.922 bits per heavy atom. The van der Waals surface area contributed by atoms with Crippen molar-refractivity contribution in [3.63, 3.8) is 0 Å². The lowest BCUT2D eigenvalue weighted by Gasteiger charge is -2.40. The number of hydrogen-bond acceptors (Lipinski definition) is 6. The van der Waals surface area contributed by atoms with Crippen LogP contribution in [0.2, 0.25) is 17.1 Å². The van der Waals surface area contributed by atoms with E-state index < -0.39 is 14.4 Å². The van der Waals surface area contributed by atoms with Gasteiger partial charge < -0.3 is 24.0 Å². The van der Waals surface area contributed by atoms with E-state index in [1.165, 1.54) is 28.7 Å². The van der Waals surface area contributed by atoms with Crippen molar-refractivity contribution in [2.45, 2.75) is 102 Å². The number of rotatable bonds is 13. The number of cyclic esters (lactones) is 1. The number of alkyl carbamates (subject to hydrolysis) is 1. The second-order valence-electron chi connectivity index (χ2n) is 15.0. The van der Waals surface area contributed by atoms with Gasteiger partial charge in [-0.2, -0.15) is 0 Å². The summed E-state index contributed by atoms with van der Waals surface area (Å²) in [7, 11) is -2.04. The molecule has 0 radical (unpaired) electrons. The highest BCUT2D eigenvalue weighted by molar-refractivity contribution is 6.76. The average molecular weight is 708 g/mol. The van der Waals surface area contributed by atoms with Gasteiger partial charge in [0.25, 0.3) is 0 Å². The largest absolute Gasteiger partial charge is 0.462 e. The molecule has 0 spiro atoms. The maximum Gasteiger partial charge on any atom is 0.407 e. The normalized spacial score (nSPS) is 22.3. The Morgan fingerprint density at radius 3 is 2.27 bits per heavy atom. The van der Waals surface area contributed by atoms with Crippen LogP contribution in [0.25, 0.3) is 11.1 Å². The van der Waals surface area contributed by atoms with Crippen LogP contribution in [0.4, 0.5) is 4.79 Å². The fourth-order valence-electron chi connectivity index (χ4n) is 8.71. The highest BCUT2D eigenvalue weighted by atomic mass is 28.4. The van der Waals surface area contributed by atoms with Crippen LogP contribution in [0.15, 0.2) is 72.8 Å². The molecular weight excluding hydrogens is 655 g/mol. The van der Waals surface area contributed by atoms with E-state index in [4.69, 9.17) is 18.6 Å². The van der Waals surface area contributed by atoms with Gasteiger partial charge >= 0.3 is 12.1 Å². The Balaban J connectivity index is 1.04. The SMILES string of the molecule is CCCC[Si](OC[C@H]1OC(Cc2cccc(C#CCNC(=O)OCC3c4ccccc4-c4ccccc43)c2)[C@H]2C(=O)O[C@H](C)[C@H]21)(C(C)C)C(C)C. The summed E-state index contributed by atoms with van der Waals surface area (Å²) in [4.78, 5) is 25.7. The summed E-state index contributed by atoms with van der Waals surface area (Å²) in [6.45, 7) is 14.4. The van der Waals surface area contributed by atoms with Crippen LogP contribution in [0, 0.1) is 23.7 Å². The first-order chi connectivity index (χ1) is 24.6. The topological polar surface area (TPSA) is 83.1 Å². The smallest absolute Gasteiger partial charge is 0.407 e. The maximum absolute atomic E-state index is 13.1. The minimum atomic E-state index is -2.04. The molecule has 2 aliphatic heterocycles. The molecule has 1 N–H and O–H groups in total. The highest BCUT2D eigenvalue weighted by Crippen LogP contribution is 2.46. The van der Waals surface area contributed by atoms with Gasteiger partial charge in [0.1, 0.15) is 12.7 Å². The Hall–Kier alpha value is -3.90. The van der Waals surface area contributed by atoms with Gasteiger partial charge in [0.2, 0.25) is 0 Å². The van der Waals surface area contributed by atoms with Gasteiger partial charge in [-0.15, -0.1) is 0 Å². The van der Waals surface area contributed by atoms with Gasteiger partial charge in [-0.05, 0) is 70.4 Å². The molecule has 3 aromatic carbocycles. The minimum absolute atomic E-state index is 0.00878. The zero-order valence-corrected chi connectivity index (χ0v) is 31.9. The molecule has 0 saturated carbocycles. The molecule has 270 valence electrons. The molecule has 0 bridgehead atoms. The number of carbonyl (C=O) groups excluding carboxylic acids is 2. The molecule has 8 heteroatoms. The quantitative estimate of drug-likeness (QED) is 0.109. The Morgan fingerprint density at radius 2 is 1.61 bits per heavy atom. The zero-order chi connectivity index (χ0) is 36.1. The first-order valence-corrected chi connectivity index (χ1v) is 21.1. The number of ether oxygens (including phenoxy) is 3. The fraction of sp³-hybridized carbons (Fsp3) is 0.488. The first-order valence-electron chi connectivity index (χ1n) is 18.8. The fourth-order valence-corrected chi connectivity index (χ4v) is 13.4. The Kier molecular flexibility index (Phi) is 11.7. The van der Waals surface area contributed by atoms with Crippen LogP contribution in [0.5, 0.6) is 0 Å². The van der Waals surface area contributed by atoms with Crippen molar-refractivity contribution in [1.82, 2.24) is 5.32 Å². The van der Waals surface area contributed by atoms with Gasteiger partial charge in [-0.1, -0.05) is 120 Å². The van der Waals surface area contributed by atoms with Crippen LogP contribution >= 0.6 is 0 Å². The standard InChI is InChI=1S/C43H53NO6Si/c1-7-8-23-51(28(2)3,29(4)5)48-27-39-40-30(6)49-42(45)41(40)38(50-39)25-32-16-13-15-31(24-32)17-14-22-44-43(46)47-26-37-35-20-11-9-18-33(35)34-19-10-12-21-36(34)37/h9-13,15-16,18-21,24,28-30,37-41H,7-8,22-23,25-27H2,1-6H3,(H,44,46)/t30-,38?,39-,40+,41-/m1/s1. The number of nitrogens with one attached hydrogen (secondary N) is 1. The third kappa shape index (κ3) is 7.82. The number of fused-ring (bicyclic) bond motifs is 4. The third-order valence-electron chi connectivity index (χ3n) is 11.4. The molecule has 6 rings (SSSR count). The second-order valence-corrected chi connectivity index (χ2v) is 20.0. The monoisotopic (exact) mass is 707 g/mol. The maximum atomic E-state index is 13.1. The van der Waals surface area contributed by atoms with Crippen LogP contribution in [0.1, 0.15) is 82.6 Å². The van der Waals surface area contributed by atoms with Gasteiger partial charge in [-0.3, -0.25) is 4.79 Å². The molecular formula is C43H53NO6Si. The number of esters is 1. The summed E-state index contributed by atoms with van der Waals surface area (Å²) in [6, 6.07) is 25.7. The predicted octanol–water partition coefficient (Wildman–Crippen LogP) is 8.65. The predicted molar refractivity (Wildman–Crippen MR) is 203 cm³/mol. The minimum Gasteiger partial charge on any atom is -0.462 e. The van der Waals surface area contributed by atoms with Crippen molar-refractivity contribution >= 4 is 20.4 Å². The van der Waals surface area contributed by atoms with Crippen molar-refractivity contribution < 1.29 is 28.2 Å². The first kappa shape index (κ1) is 36.9. The molecule has 7 nitrogen and oxygen atoms in total. The van der Waals surface area contributed by atoms with E-state index in [1.807, 2.05) is 55.5 Å². The lowest BCUT2D eigenvalue weighted by atomic mass is 9.84. The molecule has 2 saturated heterocycles. The van der Waals surface area contributed by atoms with Crippen LogP contribution in [0.3, 0.4) is 0 Å². The van der Waals surface area contributed by atoms with E-state index in [-0.39, 0.29) is 55.2 Å². The van der Waals surface area contributed by atoms with Crippen LogP contribution < -0.4 is 5.32 Å². The molecule has 1 unspecified atom stereocenters. The summed E-state index contributed by atoms with van der Waals surface area (Å²) in [5.74, 6) is 5.73. The molecule has 1 aliphatic carbocycles. The van der Waals surface area contributed by atoms with Crippen LogP contribution in [-0.2, 0) is 29.9 Å². The molecule has 51 heavy (non-hydrogen) atoms. The molecule has 3 aliphatic rings. The Bertz CT molecular complexity index is 1710. The van der Waals surface area contributed by atoms with Gasteiger partial charge in [0.05, 0.1) is 31.3 Å². The number of carbonyl (C=O) groups is 2. The molecule has 2 fully saturated rings. The third-order valence-corrected chi connectivity index (χ3v) is 17.1.